The van der Waals surface area contributed by atoms with Gasteiger partial charge in [0.25, 0.3) is 0 Å². The fourth-order valence-electron chi connectivity index (χ4n) is 3.72. The first-order valence-electron chi connectivity index (χ1n) is 7.68. The minimum atomic E-state index is 0.909. The minimum Gasteiger partial charge on any atom is -0.319 e. The maximum absolute atomic E-state index is 3.32. The summed E-state index contributed by atoms with van der Waals surface area (Å²) in [7, 11) is 2.08. The van der Waals surface area contributed by atoms with Crippen molar-refractivity contribution >= 4 is 0 Å². The molecular weight excluding hydrogens is 208 g/mol. The summed E-state index contributed by atoms with van der Waals surface area (Å²) in [4.78, 5) is 2.72. The molecule has 0 spiro atoms. The van der Waals surface area contributed by atoms with Crippen molar-refractivity contribution in [3.8, 4) is 0 Å². The molecule has 1 N–H and O–H groups in total. The van der Waals surface area contributed by atoms with Gasteiger partial charge in [0, 0.05) is 13.1 Å². The van der Waals surface area contributed by atoms with Crippen LogP contribution >= 0.6 is 0 Å². The second-order valence-corrected chi connectivity index (χ2v) is 6.27. The largest absolute Gasteiger partial charge is 0.319 e. The Morgan fingerprint density at radius 3 is 2.35 bits per heavy atom. The molecule has 1 heterocycles. The van der Waals surface area contributed by atoms with Gasteiger partial charge < -0.3 is 10.2 Å². The topological polar surface area (TPSA) is 15.3 Å². The third-order valence-corrected chi connectivity index (χ3v) is 4.92. The van der Waals surface area contributed by atoms with Crippen molar-refractivity contribution < 1.29 is 0 Å². The molecule has 2 fully saturated rings. The molecule has 17 heavy (non-hydrogen) atoms. The molecule has 0 bridgehead atoms. The summed E-state index contributed by atoms with van der Waals surface area (Å²) < 4.78 is 0. The minimum absolute atomic E-state index is 0.909. The van der Waals surface area contributed by atoms with E-state index in [1.54, 1.807) is 0 Å². The van der Waals surface area contributed by atoms with Crippen LogP contribution in [0, 0.1) is 17.8 Å². The summed E-state index contributed by atoms with van der Waals surface area (Å²) in [5, 5.41) is 3.32. The molecule has 2 rings (SSSR count). The van der Waals surface area contributed by atoms with Crippen LogP contribution in [-0.2, 0) is 0 Å². The molecule has 1 aliphatic heterocycles. The second kappa shape index (κ2) is 6.75. The maximum Gasteiger partial charge on any atom is 0.00224 e. The number of hydrogen-bond donors (Lipinski definition) is 1. The van der Waals surface area contributed by atoms with E-state index in [1.165, 1.54) is 64.7 Å². The van der Waals surface area contributed by atoms with Crippen molar-refractivity contribution in [2.45, 2.75) is 45.4 Å². The molecule has 2 nitrogen and oxygen atoms in total. The van der Waals surface area contributed by atoms with E-state index >= 15 is 0 Å². The Kier molecular flexibility index (Phi) is 5.30. The van der Waals surface area contributed by atoms with Gasteiger partial charge in [0.05, 0.1) is 0 Å². The van der Waals surface area contributed by atoms with Gasteiger partial charge in [-0.15, -0.1) is 0 Å². The number of hydrogen-bond acceptors (Lipinski definition) is 2. The lowest BCUT2D eigenvalue weighted by atomic mass is 9.81. The van der Waals surface area contributed by atoms with Crippen molar-refractivity contribution in [2.75, 3.05) is 33.2 Å². The summed E-state index contributed by atoms with van der Waals surface area (Å²) in [5.74, 6) is 2.96. The van der Waals surface area contributed by atoms with E-state index in [-0.39, 0.29) is 0 Å². The van der Waals surface area contributed by atoms with E-state index in [0.717, 1.165) is 17.8 Å². The van der Waals surface area contributed by atoms with Gasteiger partial charge in [0.1, 0.15) is 0 Å². The molecule has 0 radical (unpaired) electrons. The highest BCUT2D eigenvalue weighted by Gasteiger charge is 2.26. The number of nitrogens with zero attached hydrogens (tertiary/aromatic N) is 1. The highest BCUT2D eigenvalue weighted by molar-refractivity contribution is 4.80. The lowest BCUT2D eigenvalue weighted by Gasteiger charge is -2.30. The standard InChI is InChI=1S/C15H30N2/c1-3-13-4-6-14(7-5-13)11-17-9-8-15(12-17)10-16-2/h13-16H,3-12H2,1-2H3. The first kappa shape index (κ1) is 13.4. The van der Waals surface area contributed by atoms with Gasteiger partial charge >= 0.3 is 0 Å². The van der Waals surface area contributed by atoms with E-state index in [2.05, 4.69) is 24.2 Å². The van der Waals surface area contributed by atoms with Crippen LogP contribution in [0.5, 0.6) is 0 Å². The zero-order valence-corrected chi connectivity index (χ0v) is 11.8. The number of nitrogens with one attached hydrogen (secondary N) is 1. The summed E-state index contributed by atoms with van der Waals surface area (Å²) in [6, 6.07) is 0. The summed E-state index contributed by atoms with van der Waals surface area (Å²) in [6.07, 6.45) is 8.78. The molecule has 100 valence electrons. The summed E-state index contributed by atoms with van der Waals surface area (Å²) >= 11 is 0. The Hall–Kier alpha value is -0.0800. The zero-order chi connectivity index (χ0) is 12.1. The number of rotatable bonds is 5. The Balaban J connectivity index is 1.65. The monoisotopic (exact) mass is 238 g/mol. The molecule has 1 saturated carbocycles. The first-order valence-corrected chi connectivity index (χ1v) is 7.68. The molecule has 0 aromatic rings. The third kappa shape index (κ3) is 3.96. The van der Waals surface area contributed by atoms with Gasteiger partial charge in [-0.1, -0.05) is 26.2 Å². The van der Waals surface area contributed by atoms with Crippen LogP contribution in [0.15, 0.2) is 0 Å². The van der Waals surface area contributed by atoms with Crippen LogP contribution in [0.1, 0.15) is 45.4 Å². The molecular formula is C15H30N2. The molecule has 1 atom stereocenters. The lowest BCUT2D eigenvalue weighted by molar-refractivity contribution is 0.197. The van der Waals surface area contributed by atoms with Crippen molar-refractivity contribution in [1.29, 1.82) is 0 Å². The van der Waals surface area contributed by atoms with Crippen LogP contribution in [-0.4, -0.2) is 38.1 Å². The Bertz CT molecular complexity index is 209. The van der Waals surface area contributed by atoms with Gasteiger partial charge in [-0.2, -0.15) is 0 Å². The summed E-state index contributed by atoms with van der Waals surface area (Å²) in [6.45, 7) is 7.64. The molecule has 0 amide bonds. The van der Waals surface area contributed by atoms with Crippen LogP contribution in [0.25, 0.3) is 0 Å². The van der Waals surface area contributed by atoms with E-state index in [4.69, 9.17) is 0 Å². The van der Waals surface area contributed by atoms with E-state index in [1.807, 2.05) is 0 Å². The van der Waals surface area contributed by atoms with Crippen LogP contribution in [0.2, 0.25) is 0 Å². The van der Waals surface area contributed by atoms with Crippen molar-refractivity contribution in [3.05, 3.63) is 0 Å². The van der Waals surface area contributed by atoms with Crippen LogP contribution in [0.3, 0.4) is 0 Å². The predicted octanol–water partition coefficient (Wildman–Crippen LogP) is 2.74. The fourth-order valence-corrected chi connectivity index (χ4v) is 3.72. The average Bonchev–Trinajstić information content (AvgIpc) is 2.78. The van der Waals surface area contributed by atoms with Crippen molar-refractivity contribution in [3.63, 3.8) is 0 Å². The number of likely N-dealkylation sites (tertiary alicyclic amines) is 1. The van der Waals surface area contributed by atoms with Gasteiger partial charge in [-0.3, -0.25) is 0 Å². The Morgan fingerprint density at radius 2 is 1.71 bits per heavy atom. The summed E-state index contributed by atoms with van der Waals surface area (Å²) in [5.41, 5.74) is 0. The van der Waals surface area contributed by atoms with Crippen molar-refractivity contribution in [1.82, 2.24) is 10.2 Å². The van der Waals surface area contributed by atoms with E-state index in [0.29, 0.717) is 0 Å². The van der Waals surface area contributed by atoms with Crippen molar-refractivity contribution in [2.24, 2.45) is 17.8 Å². The molecule has 1 unspecified atom stereocenters. The normalized spacial score (nSPS) is 35.3. The SMILES string of the molecule is CCC1CCC(CN2CCC(CNC)C2)CC1. The Labute approximate surface area is 107 Å². The first-order chi connectivity index (χ1) is 8.31. The quantitative estimate of drug-likeness (QED) is 0.792. The van der Waals surface area contributed by atoms with Crippen LogP contribution in [0.4, 0.5) is 0 Å². The molecule has 1 aliphatic carbocycles. The highest BCUT2D eigenvalue weighted by Crippen LogP contribution is 2.31. The third-order valence-electron chi connectivity index (χ3n) is 4.92. The maximum atomic E-state index is 3.32. The highest BCUT2D eigenvalue weighted by atomic mass is 15.1. The smallest absolute Gasteiger partial charge is 0.00224 e. The second-order valence-electron chi connectivity index (χ2n) is 6.27. The molecule has 2 aliphatic rings. The lowest BCUT2D eigenvalue weighted by Crippen LogP contribution is -2.31. The fraction of sp³-hybridized carbons (Fsp3) is 1.00. The van der Waals surface area contributed by atoms with Gasteiger partial charge in [0.2, 0.25) is 0 Å². The van der Waals surface area contributed by atoms with Gasteiger partial charge in [-0.05, 0) is 57.2 Å². The molecule has 0 aromatic heterocycles. The van der Waals surface area contributed by atoms with Gasteiger partial charge in [0.15, 0.2) is 0 Å². The van der Waals surface area contributed by atoms with E-state index < -0.39 is 0 Å². The average molecular weight is 238 g/mol. The molecule has 2 heteroatoms. The molecule has 0 aromatic carbocycles. The Morgan fingerprint density at radius 1 is 1.00 bits per heavy atom. The van der Waals surface area contributed by atoms with Crippen LogP contribution < -0.4 is 5.32 Å². The van der Waals surface area contributed by atoms with E-state index in [9.17, 15) is 0 Å². The predicted molar refractivity (Wildman–Crippen MR) is 74.2 cm³/mol. The zero-order valence-electron chi connectivity index (χ0n) is 11.8. The van der Waals surface area contributed by atoms with Gasteiger partial charge in [-0.25, -0.2) is 0 Å². The molecule has 1 saturated heterocycles.